The molecule has 0 saturated carbocycles. The first-order chi connectivity index (χ1) is 26.2. The van der Waals surface area contributed by atoms with E-state index in [1.165, 1.54) is 54.9 Å². The minimum absolute atomic E-state index is 0.571. The van der Waals surface area contributed by atoms with Crippen LogP contribution >= 0.6 is 0 Å². The van der Waals surface area contributed by atoms with E-state index in [9.17, 15) is 0 Å². The van der Waals surface area contributed by atoms with Crippen LogP contribution in [0.5, 0.6) is 0 Å². The minimum Gasteiger partial charge on any atom is -0.456 e. The lowest BCUT2D eigenvalue weighted by Crippen LogP contribution is -2.19. The van der Waals surface area contributed by atoms with Gasteiger partial charge in [-0.3, -0.25) is 4.90 Å². The van der Waals surface area contributed by atoms with Crippen LogP contribution < -0.4 is 4.90 Å². The molecule has 1 aliphatic carbocycles. The fourth-order valence-corrected chi connectivity index (χ4v) is 8.64. The molecule has 1 aliphatic heterocycles. The Balaban J connectivity index is 1.14. The van der Waals surface area contributed by atoms with Crippen LogP contribution in [0.1, 0.15) is 11.1 Å². The maximum Gasteiger partial charge on any atom is 0.238 e. The van der Waals surface area contributed by atoms with Gasteiger partial charge in [-0.15, -0.1) is 0 Å². The van der Waals surface area contributed by atoms with E-state index in [1.54, 1.807) is 0 Å². The normalized spacial score (nSPS) is 12.8. The highest BCUT2D eigenvalue weighted by atomic mass is 16.3. The van der Waals surface area contributed by atoms with Crippen molar-refractivity contribution < 1.29 is 4.42 Å². The number of furan rings is 1. The average Bonchev–Trinajstić information content (AvgIpc) is 3.78. The molecule has 12 rings (SSSR count). The first kappa shape index (κ1) is 28.6. The van der Waals surface area contributed by atoms with E-state index in [0.717, 1.165) is 50.9 Å². The number of hydrogen-bond acceptors (Lipinski definition) is 5. The molecular weight excluding hydrogens is 649 g/mol. The molecule has 53 heavy (non-hydrogen) atoms. The number of anilines is 3. The van der Waals surface area contributed by atoms with Crippen molar-refractivity contribution >= 4 is 60.8 Å². The summed E-state index contributed by atoms with van der Waals surface area (Å²) in [5, 5.41) is 6.84. The second kappa shape index (κ2) is 10.7. The molecule has 8 aromatic carbocycles. The molecule has 0 saturated heterocycles. The molecule has 0 unspecified atom stereocenters. The summed E-state index contributed by atoms with van der Waals surface area (Å²) < 4.78 is 6.21. The summed E-state index contributed by atoms with van der Waals surface area (Å²) in [5.41, 5.74) is 13.2. The zero-order chi connectivity index (χ0) is 34.6. The highest BCUT2D eigenvalue weighted by Crippen LogP contribution is 2.52. The Morgan fingerprint density at radius 3 is 2.08 bits per heavy atom. The van der Waals surface area contributed by atoms with Gasteiger partial charge in [-0.2, -0.15) is 9.97 Å². The Bertz CT molecular complexity index is 3170. The molecule has 0 radical (unpaired) electrons. The molecule has 2 aromatic heterocycles. The van der Waals surface area contributed by atoms with Crippen molar-refractivity contribution in [3.05, 3.63) is 169 Å². The summed E-state index contributed by atoms with van der Waals surface area (Å²) in [6.07, 6.45) is 0.931. The first-order valence-corrected chi connectivity index (χ1v) is 18.0. The Hall–Kier alpha value is -7.11. The van der Waals surface area contributed by atoms with Crippen LogP contribution in [-0.4, -0.2) is 15.0 Å². The number of aromatic nitrogens is 3. The van der Waals surface area contributed by atoms with Gasteiger partial charge in [-0.05, 0) is 92.9 Å². The number of para-hydroxylation sites is 1. The summed E-state index contributed by atoms with van der Waals surface area (Å²) >= 11 is 0. The second-order valence-corrected chi connectivity index (χ2v) is 14.0. The molecule has 246 valence electrons. The van der Waals surface area contributed by atoms with E-state index in [4.69, 9.17) is 19.4 Å². The number of fused-ring (bicyclic) bond motifs is 10. The second-order valence-electron chi connectivity index (χ2n) is 14.0. The minimum atomic E-state index is 0.571. The zero-order valence-electron chi connectivity index (χ0n) is 28.4. The van der Waals surface area contributed by atoms with Crippen molar-refractivity contribution in [3.63, 3.8) is 0 Å². The van der Waals surface area contributed by atoms with Gasteiger partial charge < -0.3 is 4.42 Å². The third-order valence-electron chi connectivity index (χ3n) is 11.1. The molecule has 0 amide bonds. The first-order valence-electron chi connectivity index (χ1n) is 18.0. The zero-order valence-corrected chi connectivity index (χ0v) is 28.4. The molecule has 0 fully saturated rings. The van der Waals surface area contributed by atoms with Gasteiger partial charge in [-0.1, -0.05) is 115 Å². The van der Waals surface area contributed by atoms with Crippen molar-refractivity contribution in [1.29, 1.82) is 0 Å². The lowest BCUT2D eigenvalue weighted by Gasteiger charge is -2.32. The molecule has 0 N–H and O–H groups in total. The fourth-order valence-electron chi connectivity index (χ4n) is 8.64. The molecule has 5 nitrogen and oxygen atoms in total. The van der Waals surface area contributed by atoms with Gasteiger partial charge in [0.2, 0.25) is 5.95 Å². The maximum atomic E-state index is 6.21. The van der Waals surface area contributed by atoms with Gasteiger partial charge in [0.25, 0.3) is 0 Å². The number of benzene rings is 8. The summed E-state index contributed by atoms with van der Waals surface area (Å²) in [5.74, 6) is 1.80. The van der Waals surface area contributed by atoms with Crippen molar-refractivity contribution in [2.75, 3.05) is 4.90 Å². The predicted octanol–water partition coefficient (Wildman–Crippen LogP) is 12.4. The SMILES string of the molecule is c1ccc2c(c1)Cc1ccc(-c3nc(-c4ccc5oc6ccccc6c5c4)nc(N4c5ccc6ccccc6c5-c5cccc6cccc4c56)n3)cc1-2. The van der Waals surface area contributed by atoms with Crippen molar-refractivity contribution in [2.24, 2.45) is 0 Å². The highest BCUT2D eigenvalue weighted by Gasteiger charge is 2.30. The third-order valence-corrected chi connectivity index (χ3v) is 11.1. The van der Waals surface area contributed by atoms with Crippen molar-refractivity contribution in [1.82, 2.24) is 15.0 Å². The summed E-state index contributed by atoms with van der Waals surface area (Å²) in [6, 6.07) is 55.8. The summed E-state index contributed by atoms with van der Waals surface area (Å²) in [4.78, 5) is 18.2. The van der Waals surface area contributed by atoms with Gasteiger partial charge >= 0.3 is 0 Å². The van der Waals surface area contributed by atoms with Crippen LogP contribution in [0.4, 0.5) is 17.3 Å². The Morgan fingerprint density at radius 2 is 1.15 bits per heavy atom. The summed E-state index contributed by atoms with van der Waals surface area (Å²) in [7, 11) is 0. The van der Waals surface area contributed by atoms with Gasteiger partial charge in [0.15, 0.2) is 11.6 Å². The van der Waals surface area contributed by atoms with Crippen molar-refractivity contribution in [2.45, 2.75) is 6.42 Å². The largest absolute Gasteiger partial charge is 0.456 e. The van der Waals surface area contributed by atoms with Crippen LogP contribution in [0.15, 0.2) is 162 Å². The quantitative estimate of drug-likeness (QED) is 0.186. The predicted molar refractivity (Wildman–Crippen MR) is 215 cm³/mol. The number of nitrogens with zero attached hydrogens (tertiary/aromatic N) is 4. The lowest BCUT2D eigenvalue weighted by molar-refractivity contribution is 0.669. The van der Waals surface area contributed by atoms with E-state index in [2.05, 4.69) is 138 Å². The number of hydrogen-bond donors (Lipinski definition) is 0. The molecular formula is C48H28N4O. The van der Waals surface area contributed by atoms with Gasteiger partial charge in [0.05, 0.1) is 11.4 Å². The van der Waals surface area contributed by atoms with Crippen LogP contribution in [-0.2, 0) is 6.42 Å². The van der Waals surface area contributed by atoms with Crippen LogP contribution in [0, 0.1) is 0 Å². The average molecular weight is 677 g/mol. The van der Waals surface area contributed by atoms with Gasteiger partial charge in [0.1, 0.15) is 11.2 Å². The molecule has 2 aliphatic rings. The molecule has 0 atom stereocenters. The molecule has 5 heteroatoms. The van der Waals surface area contributed by atoms with E-state index in [0.29, 0.717) is 17.6 Å². The Kier molecular flexibility index (Phi) is 5.77. The van der Waals surface area contributed by atoms with Gasteiger partial charge in [-0.25, -0.2) is 4.98 Å². The third kappa shape index (κ3) is 4.16. The Labute approximate surface area is 304 Å². The topological polar surface area (TPSA) is 55.1 Å². The van der Waals surface area contributed by atoms with Crippen LogP contribution in [0.25, 0.3) is 88.5 Å². The Morgan fingerprint density at radius 1 is 0.453 bits per heavy atom. The van der Waals surface area contributed by atoms with Crippen molar-refractivity contribution in [3.8, 4) is 45.0 Å². The van der Waals surface area contributed by atoms with Gasteiger partial charge in [0, 0.05) is 32.8 Å². The fraction of sp³-hybridized carbons (Fsp3) is 0.0208. The summed E-state index contributed by atoms with van der Waals surface area (Å²) in [6.45, 7) is 0. The van der Waals surface area contributed by atoms with E-state index < -0.39 is 0 Å². The number of rotatable bonds is 3. The highest BCUT2D eigenvalue weighted by molar-refractivity contribution is 6.19. The van der Waals surface area contributed by atoms with E-state index in [-0.39, 0.29) is 0 Å². The monoisotopic (exact) mass is 676 g/mol. The molecule has 0 spiro atoms. The van der Waals surface area contributed by atoms with E-state index in [1.807, 2.05) is 24.3 Å². The lowest BCUT2D eigenvalue weighted by atomic mass is 9.88. The molecule has 3 heterocycles. The standard InChI is InChI=1S/C48H28N4O/c1-4-14-35-28(9-1)21-23-41-45(35)37-16-7-11-29-12-8-17-40(44(29)37)52(41)48-50-46(32-20-19-31-25-30-10-2-3-13-34(30)38(31)26-32)49-47(51-48)33-22-24-43-39(27-33)36-15-5-6-18-42(36)53-43/h1-24,26-27H,25H2. The van der Waals surface area contributed by atoms with Crippen LogP contribution in [0.2, 0.25) is 0 Å². The van der Waals surface area contributed by atoms with Crippen LogP contribution in [0.3, 0.4) is 0 Å². The smallest absolute Gasteiger partial charge is 0.238 e. The maximum absolute atomic E-state index is 6.21. The molecule has 0 bridgehead atoms. The van der Waals surface area contributed by atoms with E-state index >= 15 is 0 Å². The molecule has 10 aromatic rings.